The Morgan fingerprint density at radius 1 is 0.926 bits per heavy atom. The molecule has 3 aromatic carbocycles. The lowest BCUT2D eigenvalue weighted by atomic mass is 10.1. The maximum Gasteiger partial charge on any atom is 0.337 e. The van der Waals surface area contributed by atoms with Crippen molar-refractivity contribution in [1.29, 1.82) is 0 Å². The number of para-hydroxylation sites is 1. The average molecular weight is 374 g/mol. The van der Waals surface area contributed by atoms with Crippen molar-refractivity contribution in [2.45, 2.75) is 0 Å². The molecule has 0 saturated heterocycles. The van der Waals surface area contributed by atoms with Gasteiger partial charge < -0.3 is 10.4 Å². The molecule has 6 heteroatoms. The molecular weight excluding hydrogens is 360 g/mol. The van der Waals surface area contributed by atoms with Gasteiger partial charge in [0.2, 0.25) is 0 Å². The predicted molar refractivity (Wildman–Crippen MR) is 106 cm³/mol. The quantitative estimate of drug-likeness (QED) is 0.532. The number of nitrogens with zero attached hydrogens (tertiary/aromatic N) is 1. The molecule has 2 N–H and O–H groups in total. The number of fused-ring (bicyclic) bond motifs is 1. The van der Waals surface area contributed by atoms with Crippen LogP contribution in [0.5, 0.6) is 0 Å². The molecule has 0 saturated carbocycles. The van der Waals surface area contributed by atoms with Gasteiger partial charge >= 0.3 is 5.97 Å². The number of carboxylic acids is 1. The van der Waals surface area contributed by atoms with Gasteiger partial charge in [-0.05, 0) is 29.0 Å². The van der Waals surface area contributed by atoms with E-state index in [-0.39, 0.29) is 16.3 Å². The van der Waals surface area contributed by atoms with Crippen LogP contribution in [0, 0.1) is 0 Å². The minimum absolute atomic E-state index is 0.0390. The number of carbonyl (C=O) groups excluding carboxylic acids is 1. The molecule has 0 spiro atoms. The Labute approximate surface area is 158 Å². The Morgan fingerprint density at radius 3 is 2.48 bits per heavy atom. The summed E-state index contributed by atoms with van der Waals surface area (Å²) in [5, 5.41) is 16.2. The number of carbonyl (C=O) groups is 2. The molecular formula is C21H14N2O3S. The monoisotopic (exact) mass is 374 g/mol. The van der Waals surface area contributed by atoms with E-state index in [0.717, 1.165) is 16.3 Å². The fourth-order valence-electron chi connectivity index (χ4n) is 2.81. The maximum absolute atomic E-state index is 12.5. The van der Waals surface area contributed by atoms with Gasteiger partial charge in [-0.15, -0.1) is 11.3 Å². The fourth-order valence-corrected chi connectivity index (χ4v) is 3.53. The number of aromatic nitrogens is 1. The van der Waals surface area contributed by atoms with E-state index < -0.39 is 11.9 Å². The highest BCUT2D eigenvalue weighted by Crippen LogP contribution is 2.26. The van der Waals surface area contributed by atoms with Crippen LogP contribution in [-0.4, -0.2) is 22.0 Å². The van der Waals surface area contributed by atoms with Crippen LogP contribution in [0.4, 0.5) is 5.69 Å². The first-order chi connectivity index (χ1) is 13.1. The molecule has 0 unspecified atom stereocenters. The fraction of sp³-hybridized carbons (Fsp3) is 0. The zero-order valence-electron chi connectivity index (χ0n) is 14.0. The molecule has 0 aliphatic carbocycles. The second-order valence-corrected chi connectivity index (χ2v) is 6.76. The number of rotatable bonds is 4. The normalized spacial score (nSPS) is 10.7. The zero-order valence-corrected chi connectivity index (χ0v) is 14.9. The highest BCUT2D eigenvalue weighted by Gasteiger charge is 2.16. The number of aromatic carboxylic acids is 1. The van der Waals surface area contributed by atoms with Crippen molar-refractivity contribution >= 4 is 39.7 Å². The Bertz CT molecular complexity index is 1170. The molecule has 1 heterocycles. The zero-order chi connectivity index (χ0) is 18.8. The van der Waals surface area contributed by atoms with Gasteiger partial charge in [0.25, 0.3) is 5.91 Å². The Morgan fingerprint density at radius 2 is 1.67 bits per heavy atom. The molecule has 1 aromatic heterocycles. The molecule has 132 valence electrons. The second-order valence-electron chi connectivity index (χ2n) is 5.90. The summed E-state index contributed by atoms with van der Waals surface area (Å²) in [6.07, 6.45) is 0. The summed E-state index contributed by atoms with van der Waals surface area (Å²) < 4.78 is 0. The molecule has 0 aliphatic heterocycles. The molecule has 5 nitrogen and oxygen atoms in total. The van der Waals surface area contributed by atoms with Crippen LogP contribution in [0.1, 0.15) is 20.2 Å². The molecule has 0 radical (unpaired) electrons. The second kappa shape index (κ2) is 7.01. The van der Waals surface area contributed by atoms with Crippen molar-refractivity contribution in [1.82, 2.24) is 4.98 Å². The van der Waals surface area contributed by atoms with Crippen molar-refractivity contribution in [2.75, 3.05) is 5.32 Å². The molecule has 0 fully saturated rings. The van der Waals surface area contributed by atoms with Gasteiger partial charge in [-0.1, -0.05) is 48.5 Å². The van der Waals surface area contributed by atoms with Crippen LogP contribution in [-0.2, 0) is 0 Å². The van der Waals surface area contributed by atoms with Crippen LogP contribution in [0.2, 0.25) is 0 Å². The first-order valence-electron chi connectivity index (χ1n) is 8.20. The molecule has 4 aromatic rings. The van der Waals surface area contributed by atoms with Gasteiger partial charge in [0.1, 0.15) is 0 Å². The van der Waals surface area contributed by atoms with Crippen LogP contribution in [0.3, 0.4) is 0 Å². The number of nitrogens with one attached hydrogen (secondary N) is 1. The summed E-state index contributed by atoms with van der Waals surface area (Å²) in [4.78, 5) is 28.2. The van der Waals surface area contributed by atoms with E-state index in [4.69, 9.17) is 0 Å². The number of anilines is 1. The number of hydrogen-bond donors (Lipinski definition) is 2. The van der Waals surface area contributed by atoms with E-state index in [2.05, 4.69) is 10.3 Å². The molecule has 1 amide bonds. The van der Waals surface area contributed by atoms with E-state index in [0.29, 0.717) is 5.69 Å². The largest absolute Gasteiger partial charge is 0.478 e. The molecule has 0 bridgehead atoms. The van der Waals surface area contributed by atoms with E-state index in [9.17, 15) is 14.7 Å². The van der Waals surface area contributed by atoms with Crippen LogP contribution in [0.25, 0.3) is 22.0 Å². The molecule has 27 heavy (non-hydrogen) atoms. The van der Waals surface area contributed by atoms with Crippen molar-refractivity contribution in [3.05, 3.63) is 82.7 Å². The molecule has 0 aliphatic rings. The lowest BCUT2D eigenvalue weighted by molar-refractivity contribution is 0.0698. The van der Waals surface area contributed by atoms with Gasteiger partial charge in [0.15, 0.2) is 5.01 Å². The number of carboxylic acid groups (broad SMARTS) is 1. The first-order valence-corrected chi connectivity index (χ1v) is 9.08. The minimum atomic E-state index is -1.10. The maximum atomic E-state index is 12.5. The third kappa shape index (κ3) is 3.43. The highest BCUT2D eigenvalue weighted by molar-refractivity contribution is 7.12. The number of thiazole rings is 1. The smallest absolute Gasteiger partial charge is 0.337 e. The third-order valence-electron chi connectivity index (χ3n) is 4.15. The van der Waals surface area contributed by atoms with Gasteiger partial charge in [0.05, 0.1) is 16.9 Å². The summed E-state index contributed by atoms with van der Waals surface area (Å²) in [5.74, 6) is -1.53. The number of hydrogen-bond acceptors (Lipinski definition) is 4. The lowest BCUT2D eigenvalue weighted by Crippen LogP contribution is -2.14. The highest BCUT2D eigenvalue weighted by atomic mass is 32.1. The standard InChI is InChI=1S/C21H14N2O3S/c24-19(22-17-8-4-3-7-16(17)21(25)26)20-23-18(12-27-20)15-10-9-13-5-1-2-6-14(13)11-15/h1-12H,(H,22,24)(H,25,26). The summed E-state index contributed by atoms with van der Waals surface area (Å²) in [5.41, 5.74) is 1.92. The van der Waals surface area contributed by atoms with Crippen molar-refractivity contribution in [3.63, 3.8) is 0 Å². The minimum Gasteiger partial charge on any atom is -0.478 e. The van der Waals surface area contributed by atoms with Gasteiger partial charge in [0, 0.05) is 10.9 Å². The number of amides is 1. The summed E-state index contributed by atoms with van der Waals surface area (Å²) in [6.45, 7) is 0. The van der Waals surface area contributed by atoms with Crippen LogP contribution in [0.15, 0.2) is 72.1 Å². The lowest BCUT2D eigenvalue weighted by Gasteiger charge is -2.06. The van der Waals surface area contributed by atoms with Crippen LogP contribution >= 0.6 is 11.3 Å². The summed E-state index contributed by atoms with van der Waals surface area (Å²) >= 11 is 1.22. The first kappa shape index (κ1) is 16.9. The third-order valence-corrected chi connectivity index (χ3v) is 4.99. The number of benzene rings is 3. The van der Waals surface area contributed by atoms with E-state index >= 15 is 0 Å². The predicted octanol–water partition coefficient (Wildman–Crippen LogP) is 4.91. The van der Waals surface area contributed by atoms with E-state index in [1.165, 1.54) is 17.4 Å². The Kier molecular flexibility index (Phi) is 4.40. The van der Waals surface area contributed by atoms with Crippen molar-refractivity contribution < 1.29 is 14.7 Å². The average Bonchev–Trinajstić information content (AvgIpc) is 3.18. The summed E-state index contributed by atoms with van der Waals surface area (Å²) in [6, 6.07) is 20.3. The van der Waals surface area contributed by atoms with Gasteiger partial charge in [-0.2, -0.15) is 0 Å². The van der Waals surface area contributed by atoms with Gasteiger partial charge in [-0.25, -0.2) is 9.78 Å². The Balaban J connectivity index is 1.60. The topological polar surface area (TPSA) is 79.3 Å². The molecule has 4 rings (SSSR count). The van der Waals surface area contributed by atoms with Crippen molar-refractivity contribution in [3.8, 4) is 11.3 Å². The van der Waals surface area contributed by atoms with Gasteiger partial charge in [-0.3, -0.25) is 4.79 Å². The summed E-state index contributed by atoms with van der Waals surface area (Å²) in [7, 11) is 0. The van der Waals surface area contributed by atoms with Crippen LogP contribution < -0.4 is 5.32 Å². The van der Waals surface area contributed by atoms with E-state index in [1.54, 1.807) is 18.2 Å². The van der Waals surface area contributed by atoms with E-state index in [1.807, 2.05) is 47.8 Å². The molecule has 0 atom stereocenters. The SMILES string of the molecule is O=C(Nc1ccccc1C(=O)O)c1nc(-c2ccc3ccccc3c2)cs1. The Hall–Kier alpha value is -3.51. The van der Waals surface area contributed by atoms with Crippen molar-refractivity contribution in [2.24, 2.45) is 0 Å².